The first-order valence-corrected chi connectivity index (χ1v) is 6.19. The molecule has 3 N–H and O–H groups in total. The standard InChI is InChI=1S/C7H17N3O.C7H8/c1-10(2)5-3-4-9-7(11)6-8;1-7-5-3-2-4-6-7/h3-6,8H2,1-2H3,(H,9,11);2-6H,1H3. The number of nitrogens with two attached hydrogens (primary N) is 1. The van der Waals surface area contributed by atoms with Gasteiger partial charge < -0.3 is 16.0 Å². The topological polar surface area (TPSA) is 58.4 Å². The molecule has 1 amide bonds. The molecule has 0 saturated heterocycles. The first-order valence-electron chi connectivity index (χ1n) is 6.19. The number of carbonyl (C=O) groups is 1. The number of nitrogens with zero attached hydrogens (tertiary/aromatic N) is 1. The predicted molar refractivity (Wildman–Crippen MR) is 76.4 cm³/mol. The lowest BCUT2D eigenvalue weighted by molar-refractivity contribution is -0.119. The zero-order valence-electron chi connectivity index (χ0n) is 11.6. The maximum Gasteiger partial charge on any atom is 0.233 e. The third-order valence-electron chi connectivity index (χ3n) is 2.23. The lowest BCUT2D eigenvalue weighted by atomic mass is 10.2. The molecular weight excluding hydrogens is 226 g/mol. The van der Waals surface area contributed by atoms with Gasteiger partial charge in [0.2, 0.25) is 5.91 Å². The second kappa shape index (κ2) is 10.7. The minimum atomic E-state index is -0.0799. The summed E-state index contributed by atoms with van der Waals surface area (Å²) in [5.41, 5.74) is 6.41. The smallest absolute Gasteiger partial charge is 0.233 e. The summed E-state index contributed by atoms with van der Waals surface area (Å²) < 4.78 is 0. The van der Waals surface area contributed by atoms with Gasteiger partial charge in [-0.1, -0.05) is 35.9 Å². The summed E-state index contributed by atoms with van der Waals surface area (Å²) in [6.07, 6.45) is 0.971. The van der Waals surface area contributed by atoms with E-state index in [1.165, 1.54) is 5.56 Å². The largest absolute Gasteiger partial charge is 0.355 e. The number of hydrogen-bond acceptors (Lipinski definition) is 3. The van der Waals surface area contributed by atoms with Crippen molar-refractivity contribution >= 4 is 5.91 Å². The highest BCUT2D eigenvalue weighted by atomic mass is 16.1. The number of rotatable bonds is 5. The van der Waals surface area contributed by atoms with Crippen molar-refractivity contribution in [2.75, 3.05) is 33.7 Å². The van der Waals surface area contributed by atoms with Gasteiger partial charge >= 0.3 is 0 Å². The average molecular weight is 251 g/mol. The molecule has 0 aromatic heterocycles. The van der Waals surface area contributed by atoms with E-state index in [1.54, 1.807) is 0 Å². The highest BCUT2D eigenvalue weighted by Gasteiger charge is 1.95. The van der Waals surface area contributed by atoms with Crippen LogP contribution in [0.3, 0.4) is 0 Å². The minimum Gasteiger partial charge on any atom is -0.355 e. The van der Waals surface area contributed by atoms with Gasteiger partial charge in [-0.2, -0.15) is 0 Å². The van der Waals surface area contributed by atoms with Crippen molar-refractivity contribution in [3.8, 4) is 0 Å². The number of aryl methyl sites for hydroxylation is 1. The van der Waals surface area contributed by atoms with Crippen molar-refractivity contribution in [2.24, 2.45) is 5.73 Å². The monoisotopic (exact) mass is 251 g/mol. The third-order valence-corrected chi connectivity index (χ3v) is 2.23. The van der Waals surface area contributed by atoms with E-state index in [0.29, 0.717) is 6.54 Å². The molecule has 0 radical (unpaired) electrons. The van der Waals surface area contributed by atoms with Crippen LogP contribution < -0.4 is 11.1 Å². The molecule has 1 aromatic rings. The average Bonchev–Trinajstić information content (AvgIpc) is 2.36. The quantitative estimate of drug-likeness (QED) is 0.768. The molecular formula is C14H25N3O. The highest BCUT2D eigenvalue weighted by molar-refractivity contribution is 5.77. The zero-order valence-corrected chi connectivity index (χ0v) is 11.6. The summed E-state index contributed by atoms with van der Waals surface area (Å²) in [5, 5.41) is 2.70. The SMILES string of the molecule is CN(C)CCCNC(=O)CN.Cc1ccccc1. The van der Waals surface area contributed by atoms with Crippen LogP contribution in [0.4, 0.5) is 0 Å². The summed E-state index contributed by atoms with van der Waals surface area (Å²) in [5.74, 6) is -0.0799. The van der Waals surface area contributed by atoms with Crippen LogP contribution >= 0.6 is 0 Å². The second-order valence-corrected chi connectivity index (χ2v) is 4.37. The molecule has 0 atom stereocenters. The fraction of sp³-hybridized carbons (Fsp3) is 0.500. The first kappa shape index (κ1) is 16.6. The Morgan fingerprint density at radius 1 is 1.28 bits per heavy atom. The van der Waals surface area contributed by atoms with Gasteiger partial charge in [-0.05, 0) is 34.0 Å². The van der Waals surface area contributed by atoms with E-state index >= 15 is 0 Å². The molecule has 4 heteroatoms. The van der Waals surface area contributed by atoms with Gasteiger partial charge in [0.25, 0.3) is 0 Å². The zero-order chi connectivity index (χ0) is 13.8. The van der Waals surface area contributed by atoms with E-state index in [1.807, 2.05) is 32.3 Å². The second-order valence-electron chi connectivity index (χ2n) is 4.37. The molecule has 0 fully saturated rings. The molecule has 0 aliphatic carbocycles. The number of carbonyl (C=O) groups excluding carboxylic acids is 1. The molecule has 102 valence electrons. The van der Waals surface area contributed by atoms with Crippen LogP contribution in [-0.4, -0.2) is 44.5 Å². The van der Waals surface area contributed by atoms with Gasteiger partial charge in [0.15, 0.2) is 0 Å². The molecule has 0 spiro atoms. The first-order chi connectivity index (χ1) is 8.56. The van der Waals surface area contributed by atoms with E-state index in [4.69, 9.17) is 5.73 Å². The van der Waals surface area contributed by atoms with E-state index in [9.17, 15) is 4.79 Å². The van der Waals surface area contributed by atoms with Crippen molar-refractivity contribution in [3.05, 3.63) is 35.9 Å². The maximum atomic E-state index is 10.6. The van der Waals surface area contributed by atoms with Crippen LogP contribution in [0.15, 0.2) is 30.3 Å². The molecule has 0 bridgehead atoms. The van der Waals surface area contributed by atoms with Crippen molar-refractivity contribution in [1.29, 1.82) is 0 Å². The molecule has 18 heavy (non-hydrogen) atoms. The molecule has 0 unspecified atom stereocenters. The van der Waals surface area contributed by atoms with E-state index in [0.717, 1.165) is 13.0 Å². The normalized spacial score (nSPS) is 9.61. The summed E-state index contributed by atoms with van der Waals surface area (Å²) in [6, 6.07) is 10.3. The predicted octanol–water partition coefficient (Wildman–Crippen LogP) is 1.01. The third kappa shape index (κ3) is 11.1. The molecule has 4 nitrogen and oxygen atoms in total. The van der Waals surface area contributed by atoms with Crippen molar-refractivity contribution in [1.82, 2.24) is 10.2 Å². The Morgan fingerprint density at radius 3 is 2.28 bits per heavy atom. The van der Waals surface area contributed by atoms with Crippen molar-refractivity contribution in [2.45, 2.75) is 13.3 Å². The molecule has 1 aromatic carbocycles. The van der Waals surface area contributed by atoms with Gasteiger partial charge in [-0.3, -0.25) is 4.79 Å². The Labute approximate surface area is 110 Å². The maximum absolute atomic E-state index is 10.6. The van der Waals surface area contributed by atoms with Gasteiger partial charge in [-0.25, -0.2) is 0 Å². The van der Waals surface area contributed by atoms with Crippen LogP contribution in [0, 0.1) is 6.92 Å². The summed E-state index contributed by atoms with van der Waals surface area (Å²) >= 11 is 0. The van der Waals surface area contributed by atoms with E-state index in [2.05, 4.69) is 29.3 Å². The molecule has 0 aliphatic heterocycles. The fourth-order valence-corrected chi connectivity index (χ4v) is 1.23. The lowest BCUT2D eigenvalue weighted by Crippen LogP contribution is -2.32. The van der Waals surface area contributed by atoms with Gasteiger partial charge in [-0.15, -0.1) is 0 Å². The fourth-order valence-electron chi connectivity index (χ4n) is 1.23. The Hall–Kier alpha value is -1.39. The summed E-state index contributed by atoms with van der Waals surface area (Å²) in [4.78, 5) is 12.7. The van der Waals surface area contributed by atoms with E-state index in [-0.39, 0.29) is 12.5 Å². The Balaban J connectivity index is 0.000000351. The van der Waals surface area contributed by atoms with Gasteiger partial charge in [0.1, 0.15) is 0 Å². The number of nitrogens with one attached hydrogen (secondary N) is 1. The molecule has 1 rings (SSSR count). The Morgan fingerprint density at radius 2 is 1.89 bits per heavy atom. The van der Waals surface area contributed by atoms with Crippen molar-refractivity contribution < 1.29 is 4.79 Å². The van der Waals surface area contributed by atoms with Crippen LogP contribution in [0.5, 0.6) is 0 Å². The van der Waals surface area contributed by atoms with Gasteiger partial charge in [0, 0.05) is 6.54 Å². The van der Waals surface area contributed by atoms with Crippen LogP contribution in [0.1, 0.15) is 12.0 Å². The lowest BCUT2D eigenvalue weighted by Gasteiger charge is -2.08. The van der Waals surface area contributed by atoms with Gasteiger partial charge in [0.05, 0.1) is 6.54 Å². The molecule has 0 heterocycles. The van der Waals surface area contributed by atoms with Crippen molar-refractivity contribution in [3.63, 3.8) is 0 Å². The number of amides is 1. The number of benzene rings is 1. The number of hydrogen-bond donors (Lipinski definition) is 2. The molecule has 0 saturated carbocycles. The molecule has 0 aliphatic rings. The van der Waals surface area contributed by atoms with Crippen LogP contribution in [0.2, 0.25) is 0 Å². The summed E-state index contributed by atoms with van der Waals surface area (Å²) in [6.45, 7) is 3.88. The minimum absolute atomic E-state index is 0.0799. The van der Waals surface area contributed by atoms with Crippen LogP contribution in [-0.2, 0) is 4.79 Å². The highest BCUT2D eigenvalue weighted by Crippen LogP contribution is 1.92. The Kier molecular flexibility index (Phi) is 9.91. The van der Waals surface area contributed by atoms with Crippen LogP contribution in [0.25, 0.3) is 0 Å². The Bertz CT molecular complexity index is 312. The van der Waals surface area contributed by atoms with E-state index < -0.39 is 0 Å². The summed E-state index contributed by atoms with van der Waals surface area (Å²) in [7, 11) is 4.01.